The lowest BCUT2D eigenvalue weighted by Crippen LogP contribution is -2.20. The maximum absolute atomic E-state index is 12.3. The van der Waals surface area contributed by atoms with E-state index in [0.29, 0.717) is 22.9 Å². The number of aromatic nitrogens is 3. The van der Waals surface area contributed by atoms with Crippen molar-refractivity contribution in [3.8, 4) is 23.0 Å². The number of methoxy groups -OCH3 is 1. The van der Waals surface area contributed by atoms with Gasteiger partial charge in [-0.1, -0.05) is 18.2 Å². The van der Waals surface area contributed by atoms with E-state index in [1.165, 1.54) is 24.4 Å². The number of benzene rings is 3. The molecule has 0 aliphatic carbocycles. The van der Waals surface area contributed by atoms with E-state index in [-0.39, 0.29) is 12.5 Å². The number of para-hydroxylation sites is 1. The van der Waals surface area contributed by atoms with Crippen LogP contribution in [-0.4, -0.2) is 40.7 Å². The molecule has 0 aliphatic heterocycles. The monoisotopic (exact) mass is 443 g/mol. The molecule has 3 aromatic carbocycles. The van der Waals surface area contributed by atoms with E-state index in [1.807, 2.05) is 30.3 Å². The Balaban J connectivity index is 1.31. The van der Waals surface area contributed by atoms with E-state index in [9.17, 15) is 4.79 Å². The molecular formula is C24H21N5O4. The lowest BCUT2D eigenvalue weighted by Gasteiger charge is -2.12. The molecule has 0 saturated carbocycles. The van der Waals surface area contributed by atoms with Crippen LogP contribution in [0.3, 0.4) is 0 Å². The maximum Gasteiger partial charge on any atom is 0.262 e. The molecule has 0 aliphatic rings. The minimum atomic E-state index is -0.299. The van der Waals surface area contributed by atoms with Gasteiger partial charge in [0.05, 0.1) is 13.3 Å². The quantitative estimate of drug-likeness (QED) is 0.393. The van der Waals surface area contributed by atoms with Crippen molar-refractivity contribution in [1.29, 1.82) is 0 Å². The first-order valence-electron chi connectivity index (χ1n) is 10.0. The van der Waals surface area contributed by atoms with Crippen molar-refractivity contribution in [3.05, 3.63) is 91.0 Å². The van der Waals surface area contributed by atoms with Crippen LogP contribution in [0.15, 0.2) is 90.6 Å². The average molecular weight is 443 g/mol. The summed E-state index contributed by atoms with van der Waals surface area (Å²) in [6.07, 6.45) is 4.59. The Hall–Kier alpha value is -4.66. The molecule has 0 saturated heterocycles. The number of anilines is 1. The van der Waals surface area contributed by atoms with E-state index in [4.69, 9.17) is 14.2 Å². The van der Waals surface area contributed by atoms with Gasteiger partial charge in [-0.25, -0.2) is 4.68 Å². The van der Waals surface area contributed by atoms with Gasteiger partial charge in [-0.15, -0.1) is 10.2 Å². The standard InChI is InChI=1S/C24H21N5O4/c1-31-23-13-18(14-27-29-16-25-26-17-29)7-12-22(23)32-15-24(30)28-19-8-10-21(11-9-19)33-20-5-3-2-4-6-20/h2-14,16-17H,15H2,1H3,(H,28,30)/b27-14+. The van der Waals surface area contributed by atoms with Crippen LogP contribution in [0, 0.1) is 0 Å². The summed E-state index contributed by atoms with van der Waals surface area (Å²) in [5, 5.41) is 14.4. The highest BCUT2D eigenvalue weighted by Gasteiger charge is 2.09. The van der Waals surface area contributed by atoms with Crippen molar-refractivity contribution in [3.63, 3.8) is 0 Å². The van der Waals surface area contributed by atoms with Crippen LogP contribution in [0.25, 0.3) is 0 Å². The summed E-state index contributed by atoms with van der Waals surface area (Å²) < 4.78 is 18.2. The third-order valence-electron chi connectivity index (χ3n) is 4.41. The first-order chi connectivity index (χ1) is 16.2. The van der Waals surface area contributed by atoms with Gasteiger partial charge in [0, 0.05) is 5.69 Å². The fourth-order valence-electron chi connectivity index (χ4n) is 2.84. The molecule has 0 spiro atoms. The number of amides is 1. The van der Waals surface area contributed by atoms with Gasteiger partial charge in [-0.3, -0.25) is 4.79 Å². The van der Waals surface area contributed by atoms with Crippen molar-refractivity contribution in [2.24, 2.45) is 5.10 Å². The third kappa shape index (κ3) is 6.17. The molecule has 33 heavy (non-hydrogen) atoms. The molecular weight excluding hydrogens is 422 g/mol. The Morgan fingerprint density at radius 2 is 1.70 bits per heavy atom. The second kappa shape index (κ2) is 10.6. The summed E-state index contributed by atoms with van der Waals surface area (Å²) in [5.41, 5.74) is 1.42. The topological polar surface area (TPSA) is 99.9 Å². The number of carbonyl (C=O) groups is 1. The molecule has 0 atom stereocenters. The molecule has 9 heteroatoms. The molecule has 4 aromatic rings. The second-order valence-corrected chi connectivity index (χ2v) is 6.77. The summed E-state index contributed by atoms with van der Waals surface area (Å²) in [6.45, 7) is -0.174. The zero-order chi connectivity index (χ0) is 22.9. The maximum atomic E-state index is 12.3. The van der Waals surface area contributed by atoms with Crippen molar-refractivity contribution in [2.45, 2.75) is 0 Å². The van der Waals surface area contributed by atoms with Crippen LogP contribution in [0.2, 0.25) is 0 Å². The minimum Gasteiger partial charge on any atom is -0.493 e. The van der Waals surface area contributed by atoms with Crippen molar-refractivity contribution < 1.29 is 19.0 Å². The van der Waals surface area contributed by atoms with E-state index < -0.39 is 0 Å². The minimum absolute atomic E-state index is 0.174. The van der Waals surface area contributed by atoms with Gasteiger partial charge in [0.2, 0.25) is 0 Å². The molecule has 1 aromatic heterocycles. The van der Waals surface area contributed by atoms with Gasteiger partial charge in [0.25, 0.3) is 5.91 Å². The van der Waals surface area contributed by atoms with Crippen LogP contribution in [0.1, 0.15) is 5.56 Å². The smallest absolute Gasteiger partial charge is 0.262 e. The number of carbonyl (C=O) groups excluding carboxylic acids is 1. The normalized spacial score (nSPS) is 10.7. The molecule has 1 N–H and O–H groups in total. The van der Waals surface area contributed by atoms with Gasteiger partial charge in [0.15, 0.2) is 18.1 Å². The third-order valence-corrected chi connectivity index (χ3v) is 4.41. The van der Waals surface area contributed by atoms with Crippen molar-refractivity contribution in [1.82, 2.24) is 14.9 Å². The molecule has 166 valence electrons. The summed E-state index contributed by atoms with van der Waals surface area (Å²) in [4.78, 5) is 12.3. The number of hydrogen-bond acceptors (Lipinski definition) is 7. The Morgan fingerprint density at radius 1 is 0.970 bits per heavy atom. The summed E-state index contributed by atoms with van der Waals surface area (Å²) in [6, 6.07) is 21.8. The molecule has 1 amide bonds. The lowest BCUT2D eigenvalue weighted by molar-refractivity contribution is -0.118. The van der Waals surface area contributed by atoms with Crippen LogP contribution >= 0.6 is 0 Å². The number of ether oxygens (including phenoxy) is 3. The average Bonchev–Trinajstić information content (AvgIpc) is 3.37. The van der Waals surface area contributed by atoms with Gasteiger partial charge >= 0.3 is 0 Å². The molecule has 4 rings (SSSR count). The largest absolute Gasteiger partial charge is 0.493 e. The Bertz CT molecular complexity index is 1210. The predicted molar refractivity (Wildman–Crippen MR) is 123 cm³/mol. The molecule has 0 fully saturated rings. The molecule has 1 heterocycles. The van der Waals surface area contributed by atoms with Crippen LogP contribution in [0.5, 0.6) is 23.0 Å². The summed E-state index contributed by atoms with van der Waals surface area (Å²) >= 11 is 0. The zero-order valence-electron chi connectivity index (χ0n) is 17.8. The molecule has 0 unspecified atom stereocenters. The Kier molecular flexibility index (Phi) is 6.92. The first kappa shape index (κ1) is 21.6. The molecule has 0 bridgehead atoms. The van der Waals surface area contributed by atoms with E-state index in [1.54, 1.807) is 48.7 Å². The zero-order valence-corrected chi connectivity index (χ0v) is 17.8. The Labute approximate surface area is 190 Å². The van der Waals surface area contributed by atoms with E-state index >= 15 is 0 Å². The van der Waals surface area contributed by atoms with Crippen molar-refractivity contribution >= 4 is 17.8 Å². The molecule has 0 radical (unpaired) electrons. The number of rotatable bonds is 9. The fraction of sp³-hybridized carbons (Fsp3) is 0.0833. The van der Waals surface area contributed by atoms with E-state index in [2.05, 4.69) is 20.6 Å². The Morgan fingerprint density at radius 3 is 2.42 bits per heavy atom. The highest BCUT2D eigenvalue weighted by molar-refractivity contribution is 5.92. The highest BCUT2D eigenvalue weighted by Crippen LogP contribution is 2.28. The van der Waals surface area contributed by atoms with E-state index in [0.717, 1.165) is 11.3 Å². The first-order valence-corrected chi connectivity index (χ1v) is 10.0. The highest BCUT2D eigenvalue weighted by atomic mass is 16.5. The van der Waals surface area contributed by atoms with Crippen LogP contribution < -0.4 is 19.5 Å². The van der Waals surface area contributed by atoms with Gasteiger partial charge in [-0.2, -0.15) is 5.10 Å². The lowest BCUT2D eigenvalue weighted by atomic mass is 10.2. The number of nitrogens with zero attached hydrogens (tertiary/aromatic N) is 4. The second-order valence-electron chi connectivity index (χ2n) is 6.77. The SMILES string of the molecule is COc1cc(/C=N/n2cnnc2)ccc1OCC(=O)Nc1ccc(Oc2ccccc2)cc1. The van der Waals surface area contributed by atoms with Gasteiger partial charge in [0.1, 0.15) is 24.2 Å². The summed E-state index contributed by atoms with van der Waals surface area (Å²) in [7, 11) is 1.53. The number of nitrogens with one attached hydrogen (secondary N) is 1. The van der Waals surface area contributed by atoms with Crippen LogP contribution in [-0.2, 0) is 4.79 Å². The fourth-order valence-corrected chi connectivity index (χ4v) is 2.84. The predicted octanol–water partition coefficient (Wildman–Crippen LogP) is 3.98. The van der Waals surface area contributed by atoms with Crippen LogP contribution in [0.4, 0.5) is 5.69 Å². The van der Waals surface area contributed by atoms with Gasteiger partial charge < -0.3 is 19.5 Å². The summed E-state index contributed by atoms with van der Waals surface area (Å²) in [5.74, 6) is 2.05. The molecule has 9 nitrogen and oxygen atoms in total. The number of hydrogen-bond donors (Lipinski definition) is 1. The van der Waals surface area contributed by atoms with Crippen molar-refractivity contribution in [2.75, 3.05) is 19.0 Å². The van der Waals surface area contributed by atoms with Gasteiger partial charge in [-0.05, 0) is 60.2 Å².